The number of hydrogen-bond donors (Lipinski definition) is 0. The monoisotopic (exact) mass is 347 g/mol. The third-order valence-electron chi connectivity index (χ3n) is 5.26. The molecular formula is C22H25N3O. The van der Waals surface area contributed by atoms with E-state index in [-0.39, 0.29) is 5.78 Å². The quantitative estimate of drug-likeness (QED) is 0.651. The lowest BCUT2D eigenvalue weighted by Gasteiger charge is -2.33. The van der Waals surface area contributed by atoms with Crippen LogP contribution >= 0.6 is 0 Å². The summed E-state index contributed by atoms with van der Waals surface area (Å²) in [5, 5.41) is 0. The largest absolute Gasteiger partial charge is 0.321 e. The van der Waals surface area contributed by atoms with Gasteiger partial charge < -0.3 is 4.57 Å². The predicted octanol–water partition coefficient (Wildman–Crippen LogP) is 4.15. The zero-order valence-electron chi connectivity index (χ0n) is 15.3. The van der Waals surface area contributed by atoms with Gasteiger partial charge in [-0.3, -0.25) is 9.69 Å². The molecule has 1 saturated heterocycles. The van der Waals surface area contributed by atoms with Crippen molar-refractivity contribution in [1.29, 1.82) is 0 Å². The number of para-hydroxylation sites is 2. The molecule has 4 heteroatoms. The Morgan fingerprint density at radius 1 is 1.12 bits per heavy atom. The number of hydrogen-bond acceptors (Lipinski definition) is 3. The van der Waals surface area contributed by atoms with Gasteiger partial charge in [-0.25, -0.2) is 4.98 Å². The Morgan fingerprint density at radius 2 is 1.88 bits per heavy atom. The normalized spacial score (nSPS) is 18.3. The number of likely N-dealkylation sites (tertiary alicyclic amines) is 1. The lowest BCUT2D eigenvalue weighted by atomic mass is 9.97. The van der Waals surface area contributed by atoms with Gasteiger partial charge >= 0.3 is 0 Å². The molecule has 0 amide bonds. The molecule has 3 aromatic rings. The summed E-state index contributed by atoms with van der Waals surface area (Å²) in [5.41, 5.74) is 3.35. The Labute approximate surface area is 154 Å². The Morgan fingerprint density at radius 3 is 2.69 bits per heavy atom. The fraction of sp³-hybridized carbons (Fsp3) is 0.364. The van der Waals surface area contributed by atoms with Crippen molar-refractivity contribution < 1.29 is 4.79 Å². The topological polar surface area (TPSA) is 38.1 Å². The second-order valence-electron chi connectivity index (χ2n) is 7.32. The first kappa shape index (κ1) is 17.0. The molecule has 4 rings (SSSR count). The van der Waals surface area contributed by atoms with Crippen LogP contribution in [0.4, 0.5) is 0 Å². The van der Waals surface area contributed by atoms with Crippen LogP contribution in [0.1, 0.15) is 35.9 Å². The van der Waals surface area contributed by atoms with E-state index in [0.29, 0.717) is 11.7 Å². The number of ketones is 1. The van der Waals surface area contributed by atoms with Crippen molar-refractivity contribution in [1.82, 2.24) is 14.5 Å². The molecule has 4 nitrogen and oxygen atoms in total. The molecule has 26 heavy (non-hydrogen) atoms. The number of piperidine rings is 1. The second-order valence-corrected chi connectivity index (χ2v) is 7.32. The number of rotatable bonds is 5. The van der Waals surface area contributed by atoms with E-state index in [4.69, 9.17) is 0 Å². The van der Waals surface area contributed by atoms with Gasteiger partial charge in [0.05, 0.1) is 11.0 Å². The Balaban J connectivity index is 1.53. The minimum Gasteiger partial charge on any atom is -0.321 e. The van der Waals surface area contributed by atoms with E-state index in [1.54, 1.807) is 6.92 Å². The van der Waals surface area contributed by atoms with Crippen molar-refractivity contribution in [3.63, 3.8) is 0 Å². The first-order valence-electron chi connectivity index (χ1n) is 9.43. The van der Waals surface area contributed by atoms with Crippen LogP contribution in [0.25, 0.3) is 11.0 Å². The fourth-order valence-corrected chi connectivity index (χ4v) is 4.07. The van der Waals surface area contributed by atoms with Crippen molar-refractivity contribution in [3.05, 3.63) is 66.0 Å². The van der Waals surface area contributed by atoms with Crippen molar-refractivity contribution in [2.45, 2.75) is 32.9 Å². The molecule has 1 fully saturated rings. The number of imidazole rings is 1. The van der Waals surface area contributed by atoms with E-state index < -0.39 is 0 Å². The van der Waals surface area contributed by atoms with Gasteiger partial charge in [0.2, 0.25) is 0 Å². The predicted molar refractivity (Wildman–Crippen MR) is 104 cm³/mol. The SMILES string of the molecule is CC(=O)c1nc2ccccc2n1C[C@@H]1CCCN(Cc2ccccc2)C1. The van der Waals surface area contributed by atoms with Gasteiger partial charge in [0.15, 0.2) is 11.6 Å². The summed E-state index contributed by atoms with van der Waals surface area (Å²) in [7, 11) is 0. The molecule has 0 radical (unpaired) electrons. The molecule has 0 aliphatic carbocycles. The van der Waals surface area contributed by atoms with Crippen LogP contribution < -0.4 is 0 Å². The molecule has 2 aromatic carbocycles. The minimum absolute atomic E-state index is 0.0400. The molecule has 1 aliphatic rings. The first-order chi connectivity index (χ1) is 12.7. The summed E-state index contributed by atoms with van der Waals surface area (Å²) in [4.78, 5) is 19.2. The highest BCUT2D eigenvalue weighted by atomic mass is 16.1. The standard InChI is InChI=1S/C22H25N3O/c1-17(26)22-23-20-11-5-6-12-21(20)25(22)16-19-10-7-13-24(15-19)14-18-8-3-2-4-9-18/h2-6,8-9,11-12,19H,7,10,13-16H2,1H3/t19-/m1/s1. The van der Waals surface area contributed by atoms with Crippen LogP contribution in [0.3, 0.4) is 0 Å². The average molecular weight is 347 g/mol. The van der Waals surface area contributed by atoms with E-state index in [0.717, 1.165) is 37.2 Å². The molecule has 1 aliphatic heterocycles. The molecule has 2 heterocycles. The Kier molecular flexibility index (Phi) is 4.85. The second kappa shape index (κ2) is 7.42. The van der Waals surface area contributed by atoms with Crippen LogP contribution in [-0.2, 0) is 13.1 Å². The third kappa shape index (κ3) is 3.56. The maximum Gasteiger partial charge on any atom is 0.195 e. The summed E-state index contributed by atoms with van der Waals surface area (Å²) >= 11 is 0. The molecule has 0 bridgehead atoms. The summed E-state index contributed by atoms with van der Waals surface area (Å²) in [6.45, 7) is 5.69. The molecule has 0 spiro atoms. The summed E-state index contributed by atoms with van der Waals surface area (Å²) < 4.78 is 2.13. The van der Waals surface area contributed by atoms with Gasteiger partial charge in [-0.2, -0.15) is 0 Å². The fourth-order valence-electron chi connectivity index (χ4n) is 4.07. The zero-order chi connectivity index (χ0) is 17.9. The number of carbonyl (C=O) groups is 1. The molecular weight excluding hydrogens is 322 g/mol. The summed E-state index contributed by atoms with van der Waals surface area (Å²) in [5.74, 6) is 1.17. The van der Waals surface area contributed by atoms with E-state index in [1.165, 1.54) is 18.4 Å². The van der Waals surface area contributed by atoms with E-state index >= 15 is 0 Å². The van der Waals surface area contributed by atoms with Gasteiger partial charge in [-0.05, 0) is 43.0 Å². The average Bonchev–Trinajstić information content (AvgIpc) is 3.02. The Bertz CT molecular complexity index is 900. The number of aromatic nitrogens is 2. The van der Waals surface area contributed by atoms with Crippen LogP contribution in [0, 0.1) is 5.92 Å². The van der Waals surface area contributed by atoms with Crippen molar-refractivity contribution in [3.8, 4) is 0 Å². The van der Waals surface area contributed by atoms with Crippen molar-refractivity contribution >= 4 is 16.8 Å². The lowest BCUT2D eigenvalue weighted by molar-refractivity contribution is 0.0995. The van der Waals surface area contributed by atoms with Crippen molar-refractivity contribution in [2.75, 3.05) is 13.1 Å². The van der Waals surface area contributed by atoms with Gasteiger partial charge in [0.1, 0.15) is 0 Å². The first-order valence-corrected chi connectivity index (χ1v) is 9.43. The van der Waals surface area contributed by atoms with Gasteiger partial charge in [0, 0.05) is 26.6 Å². The van der Waals surface area contributed by atoms with E-state index in [9.17, 15) is 4.79 Å². The van der Waals surface area contributed by atoms with E-state index in [1.807, 2.05) is 18.2 Å². The van der Waals surface area contributed by atoms with Gasteiger partial charge in [0.25, 0.3) is 0 Å². The number of Topliss-reactive ketones (excluding diaryl/α,β-unsaturated/α-hetero) is 1. The number of carbonyl (C=O) groups excluding carboxylic acids is 1. The summed E-state index contributed by atoms with van der Waals surface area (Å²) in [6, 6.07) is 18.7. The van der Waals surface area contributed by atoms with E-state index in [2.05, 4.69) is 50.8 Å². The highest BCUT2D eigenvalue weighted by molar-refractivity contribution is 5.94. The van der Waals surface area contributed by atoms with Crippen LogP contribution in [0.5, 0.6) is 0 Å². The van der Waals surface area contributed by atoms with Crippen LogP contribution in [-0.4, -0.2) is 33.3 Å². The minimum atomic E-state index is 0.0400. The van der Waals surface area contributed by atoms with Gasteiger partial charge in [-0.1, -0.05) is 42.5 Å². The summed E-state index contributed by atoms with van der Waals surface area (Å²) in [6.07, 6.45) is 2.41. The molecule has 0 saturated carbocycles. The highest BCUT2D eigenvalue weighted by Crippen LogP contribution is 2.24. The lowest BCUT2D eigenvalue weighted by Crippen LogP contribution is -2.36. The maximum absolute atomic E-state index is 12.1. The highest BCUT2D eigenvalue weighted by Gasteiger charge is 2.23. The smallest absolute Gasteiger partial charge is 0.195 e. The van der Waals surface area contributed by atoms with Crippen LogP contribution in [0.2, 0.25) is 0 Å². The molecule has 134 valence electrons. The number of nitrogens with zero attached hydrogens (tertiary/aromatic N) is 3. The Hall–Kier alpha value is -2.46. The molecule has 0 N–H and O–H groups in total. The number of benzene rings is 2. The molecule has 1 aromatic heterocycles. The zero-order valence-corrected chi connectivity index (χ0v) is 15.3. The molecule has 0 unspecified atom stereocenters. The number of fused-ring (bicyclic) bond motifs is 1. The molecule has 1 atom stereocenters. The van der Waals surface area contributed by atoms with Crippen molar-refractivity contribution in [2.24, 2.45) is 5.92 Å². The maximum atomic E-state index is 12.1. The van der Waals surface area contributed by atoms with Gasteiger partial charge in [-0.15, -0.1) is 0 Å². The van der Waals surface area contributed by atoms with Crippen LogP contribution in [0.15, 0.2) is 54.6 Å². The third-order valence-corrected chi connectivity index (χ3v) is 5.26.